The molecule has 7 heteroatoms. The molecular weight excluding hydrogens is 258 g/mol. The minimum atomic E-state index is 0.0819. The summed E-state index contributed by atoms with van der Waals surface area (Å²) in [6, 6.07) is 3.65. The Morgan fingerprint density at radius 2 is 2.40 bits per heavy atom. The van der Waals surface area contributed by atoms with Gasteiger partial charge in [0.2, 0.25) is 11.8 Å². The van der Waals surface area contributed by atoms with Gasteiger partial charge in [0.25, 0.3) is 0 Å². The second-order valence-corrected chi connectivity index (χ2v) is 4.57. The molecule has 0 spiro atoms. The average Bonchev–Trinajstić information content (AvgIpc) is 3.00. The maximum atomic E-state index is 5.77. The standard InChI is InChI=1S/C13H17N5O2/c1-19-12-3-5-14-13(16-12)17-7-8-20-11(9-17)10-18-6-2-4-15-18/h2-6,11H,7-10H2,1H3/t11-/m0/s1. The third-order valence-electron chi connectivity index (χ3n) is 3.20. The monoisotopic (exact) mass is 275 g/mol. The van der Waals surface area contributed by atoms with Crippen LogP contribution in [0.25, 0.3) is 0 Å². The van der Waals surface area contributed by atoms with Crippen molar-refractivity contribution in [1.29, 1.82) is 0 Å². The van der Waals surface area contributed by atoms with E-state index in [0.29, 0.717) is 18.4 Å². The van der Waals surface area contributed by atoms with Crippen molar-refractivity contribution >= 4 is 5.95 Å². The summed E-state index contributed by atoms with van der Waals surface area (Å²) in [6.45, 7) is 2.91. The number of rotatable bonds is 4. The molecule has 0 saturated carbocycles. The quantitative estimate of drug-likeness (QED) is 0.813. The number of anilines is 1. The van der Waals surface area contributed by atoms with Crippen LogP contribution in [-0.4, -0.2) is 52.7 Å². The van der Waals surface area contributed by atoms with Crippen LogP contribution in [0, 0.1) is 0 Å². The van der Waals surface area contributed by atoms with Crippen LogP contribution in [0.1, 0.15) is 0 Å². The molecule has 0 radical (unpaired) electrons. The number of aromatic nitrogens is 4. The minimum absolute atomic E-state index is 0.0819. The zero-order valence-corrected chi connectivity index (χ0v) is 11.3. The first-order valence-corrected chi connectivity index (χ1v) is 6.56. The van der Waals surface area contributed by atoms with Gasteiger partial charge in [-0.25, -0.2) is 4.98 Å². The first kappa shape index (κ1) is 12.9. The molecule has 1 aliphatic rings. The summed E-state index contributed by atoms with van der Waals surface area (Å²) in [7, 11) is 1.60. The molecule has 0 unspecified atom stereocenters. The minimum Gasteiger partial charge on any atom is -0.481 e. The summed E-state index contributed by atoms with van der Waals surface area (Å²) in [5.74, 6) is 1.25. The highest BCUT2D eigenvalue weighted by molar-refractivity contribution is 5.32. The van der Waals surface area contributed by atoms with Crippen molar-refractivity contribution in [2.75, 3.05) is 31.7 Å². The Bertz CT molecular complexity index is 545. The third kappa shape index (κ3) is 2.88. The highest BCUT2D eigenvalue weighted by atomic mass is 16.5. The average molecular weight is 275 g/mol. The number of ether oxygens (including phenoxy) is 2. The lowest BCUT2D eigenvalue weighted by atomic mass is 10.3. The lowest BCUT2D eigenvalue weighted by Gasteiger charge is -2.32. The number of hydrogen-bond donors (Lipinski definition) is 0. The van der Waals surface area contributed by atoms with Crippen LogP contribution in [0.15, 0.2) is 30.7 Å². The maximum Gasteiger partial charge on any atom is 0.228 e. The second kappa shape index (κ2) is 5.87. The molecule has 3 rings (SSSR count). The van der Waals surface area contributed by atoms with Crippen molar-refractivity contribution < 1.29 is 9.47 Å². The Hall–Kier alpha value is -2.15. The first-order chi connectivity index (χ1) is 9.85. The van der Waals surface area contributed by atoms with Crippen LogP contribution in [0.5, 0.6) is 5.88 Å². The molecule has 0 aromatic carbocycles. The van der Waals surface area contributed by atoms with Gasteiger partial charge in [-0.3, -0.25) is 4.68 Å². The Balaban J connectivity index is 1.68. The zero-order chi connectivity index (χ0) is 13.8. The highest BCUT2D eigenvalue weighted by Gasteiger charge is 2.23. The number of nitrogens with zero attached hydrogens (tertiary/aromatic N) is 5. The van der Waals surface area contributed by atoms with Gasteiger partial charge < -0.3 is 14.4 Å². The van der Waals surface area contributed by atoms with E-state index in [1.165, 1.54) is 0 Å². The van der Waals surface area contributed by atoms with Gasteiger partial charge in [-0.1, -0.05) is 0 Å². The Morgan fingerprint density at radius 1 is 1.45 bits per heavy atom. The van der Waals surface area contributed by atoms with E-state index in [-0.39, 0.29) is 6.10 Å². The van der Waals surface area contributed by atoms with Crippen LogP contribution < -0.4 is 9.64 Å². The van der Waals surface area contributed by atoms with E-state index >= 15 is 0 Å². The van der Waals surface area contributed by atoms with E-state index in [1.807, 2.05) is 16.9 Å². The zero-order valence-electron chi connectivity index (χ0n) is 11.3. The number of hydrogen-bond acceptors (Lipinski definition) is 6. The summed E-state index contributed by atoms with van der Waals surface area (Å²) in [5.41, 5.74) is 0. The van der Waals surface area contributed by atoms with Crippen LogP contribution in [-0.2, 0) is 11.3 Å². The lowest BCUT2D eigenvalue weighted by Crippen LogP contribution is -2.45. The largest absolute Gasteiger partial charge is 0.481 e. The summed E-state index contributed by atoms with van der Waals surface area (Å²) in [4.78, 5) is 10.8. The molecular formula is C13H17N5O2. The molecule has 0 bridgehead atoms. The van der Waals surface area contributed by atoms with Gasteiger partial charge in [0.15, 0.2) is 0 Å². The molecule has 2 aromatic heterocycles. The molecule has 2 aromatic rings. The van der Waals surface area contributed by atoms with Crippen LogP contribution >= 0.6 is 0 Å². The van der Waals surface area contributed by atoms with Crippen molar-refractivity contribution in [3.05, 3.63) is 30.7 Å². The van der Waals surface area contributed by atoms with Gasteiger partial charge in [0.1, 0.15) is 0 Å². The van der Waals surface area contributed by atoms with E-state index in [0.717, 1.165) is 19.6 Å². The van der Waals surface area contributed by atoms with E-state index in [1.54, 1.807) is 25.6 Å². The predicted molar refractivity (Wildman–Crippen MR) is 72.8 cm³/mol. The maximum absolute atomic E-state index is 5.77. The third-order valence-corrected chi connectivity index (χ3v) is 3.20. The van der Waals surface area contributed by atoms with Crippen molar-refractivity contribution in [3.8, 4) is 5.88 Å². The molecule has 1 fully saturated rings. The van der Waals surface area contributed by atoms with Crippen molar-refractivity contribution in [2.45, 2.75) is 12.6 Å². The Morgan fingerprint density at radius 3 is 3.20 bits per heavy atom. The van der Waals surface area contributed by atoms with Gasteiger partial charge in [0.05, 0.1) is 26.4 Å². The molecule has 1 atom stereocenters. The van der Waals surface area contributed by atoms with E-state index in [9.17, 15) is 0 Å². The van der Waals surface area contributed by atoms with Gasteiger partial charge in [0, 0.05) is 37.7 Å². The van der Waals surface area contributed by atoms with Gasteiger partial charge in [-0.15, -0.1) is 0 Å². The van der Waals surface area contributed by atoms with E-state index < -0.39 is 0 Å². The molecule has 106 valence electrons. The van der Waals surface area contributed by atoms with Crippen molar-refractivity contribution in [2.24, 2.45) is 0 Å². The SMILES string of the molecule is COc1ccnc(N2CCO[C@H](Cn3cccn3)C2)n1. The van der Waals surface area contributed by atoms with Crippen LogP contribution in [0.2, 0.25) is 0 Å². The fourth-order valence-corrected chi connectivity index (χ4v) is 2.23. The molecule has 3 heterocycles. The topological polar surface area (TPSA) is 65.3 Å². The summed E-state index contributed by atoms with van der Waals surface area (Å²) < 4.78 is 12.8. The lowest BCUT2D eigenvalue weighted by molar-refractivity contribution is 0.0269. The first-order valence-electron chi connectivity index (χ1n) is 6.56. The Labute approximate surface area is 117 Å². The molecule has 20 heavy (non-hydrogen) atoms. The summed E-state index contributed by atoms with van der Waals surface area (Å²) in [6.07, 6.45) is 5.49. The normalized spacial score (nSPS) is 19.1. The van der Waals surface area contributed by atoms with E-state index in [4.69, 9.17) is 9.47 Å². The summed E-state index contributed by atoms with van der Waals surface area (Å²) in [5, 5.41) is 4.20. The second-order valence-electron chi connectivity index (χ2n) is 4.57. The molecule has 0 N–H and O–H groups in total. The van der Waals surface area contributed by atoms with Gasteiger partial charge >= 0.3 is 0 Å². The van der Waals surface area contributed by atoms with Crippen LogP contribution in [0.4, 0.5) is 5.95 Å². The Kier molecular flexibility index (Phi) is 3.78. The molecule has 0 aliphatic carbocycles. The summed E-state index contributed by atoms with van der Waals surface area (Å²) >= 11 is 0. The molecule has 1 aliphatic heterocycles. The number of methoxy groups -OCH3 is 1. The molecule has 7 nitrogen and oxygen atoms in total. The van der Waals surface area contributed by atoms with Crippen molar-refractivity contribution in [1.82, 2.24) is 19.7 Å². The highest BCUT2D eigenvalue weighted by Crippen LogP contribution is 2.16. The van der Waals surface area contributed by atoms with Crippen LogP contribution in [0.3, 0.4) is 0 Å². The molecule has 0 amide bonds. The van der Waals surface area contributed by atoms with Crippen molar-refractivity contribution in [3.63, 3.8) is 0 Å². The number of morpholine rings is 1. The fourth-order valence-electron chi connectivity index (χ4n) is 2.23. The predicted octanol–water partition coefficient (Wildman–Crippen LogP) is 0.587. The molecule has 1 saturated heterocycles. The smallest absolute Gasteiger partial charge is 0.228 e. The fraction of sp³-hybridized carbons (Fsp3) is 0.462. The van der Waals surface area contributed by atoms with Gasteiger partial charge in [-0.05, 0) is 6.07 Å². The van der Waals surface area contributed by atoms with Gasteiger partial charge in [-0.2, -0.15) is 10.1 Å². The van der Waals surface area contributed by atoms with E-state index in [2.05, 4.69) is 20.0 Å².